The second kappa shape index (κ2) is 6.16. The Morgan fingerprint density at radius 1 is 1.29 bits per heavy atom. The maximum atomic E-state index is 11.2. The third kappa shape index (κ3) is 4.05. The van der Waals surface area contributed by atoms with Gasteiger partial charge in [-0.05, 0) is 12.0 Å². The van der Waals surface area contributed by atoms with E-state index in [0.717, 1.165) is 6.42 Å². The fourth-order valence-electron chi connectivity index (χ4n) is 1.20. The molecule has 0 spiro atoms. The van der Waals surface area contributed by atoms with Crippen LogP contribution in [0.5, 0.6) is 0 Å². The van der Waals surface area contributed by atoms with Crippen LogP contribution < -0.4 is 11.1 Å². The Labute approximate surface area is 84.3 Å². The van der Waals surface area contributed by atoms with Gasteiger partial charge in [0.15, 0.2) is 0 Å². The monoisotopic (exact) mass is 192 g/mol. The highest BCUT2D eigenvalue weighted by atomic mass is 16.1. The van der Waals surface area contributed by atoms with Crippen molar-refractivity contribution in [1.82, 2.24) is 5.32 Å². The summed E-state index contributed by atoms with van der Waals surface area (Å²) in [5.74, 6) is 0.0688. The Hall–Kier alpha value is -1.35. The van der Waals surface area contributed by atoms with Crippen molar-refractivity contribution in [2.45, 2.75) is 12.8 Å². The van der Waals surface area contributed by atoms with Crippen LogP contribution in [0.3, 0.4) is 0 Å². The third-order valence-corrected chi connectivity index (χ3v) is 1.95. The van der Waals surface area contributed by atoms with Gasteiger partial charge in [0, 0.05) is 19.5 Å². The molecule has 1 aromatic carbocycles. The molecule has 0 aliphatic rings. The lowest BCUT2D eigenvalue weighted by molar-refractivity contribution is -0.120. The topological polar surface area (TPSA) is 55.1 Å². The summed E-state index contributed by atoms with van der Waals surface area (Å²) in [6.45, 7) is 1.06. The van der Waals surface area contributed by atoms with Gasteiger partial charge in [-0.3, -0.25) is 4.79 Å². The number of nitrogens with two attached hydrogens (primary N) is 1. The van der Waals surface area contributed by atoms with Crippen molar-refractivity contribution in [1.29, 1.82) is 0 Å². The van der Waals surface area contributed by atoms with Gasteiger partial charge >= 0.3 is 0 Å². The van der Waals surface area contributed by atoms with Crippen molar-refractivity contribution in [3.05, 3.63) is 35.9 Å². The Kier molecular flexibility index (Phi) is 4.72. The molecule has 0 aromatic heterocycles. The number of benzene rings is 1. The molecule has 0 unspecified atom stereocenters. The van der Waals surface area contributed by atoms with E-state index >= 15 is 0 Å². The molecule has 1 aromatic rings. The van der Waals surface area contributed by atoms with Crippen LogP contribution in [-0.2, 0) is 11.2 Å². The number of nitrogens with one attached hydrogen (secondary N) is 1. The summed E-state index contributed by atoms with van der Waals surface area (Å²) in [4.78, 5) is 11.2. The summed E-state index contributed by atoms with van der Waals surface area (Å²) in [6, 6.07) is 9.98. The lowest BCUT2D eigenvalue weighted by Crippen LogP contribution is -2.29. The van der Waals surface area contributed by atoms with Gasteiger partial charge < -0.3 is 11.1 Å². The molecule has 0 heterocycles. The zero-order valence-electron chi connectivity index (χ0n) is 8.20. The standard InChI is InChI=1S/C11H16N2O/c12-8-9-13-11(14)7-6-10-4-2-1-3-5-10/h1-5H,6-9,12H2,(H,13,14). The minimum absolute atomic E-state index is 0.0688. The first-order chi connectivity index (χ1) is 6.83. The van der Waals surface area contributed by atoms with E-state index in [1.807, 2.05) is 30.3 Å². The molecule has 0 atom stereocenters. The second-order valence-electron chi connectivity index (χ2n) is 3.12. The van der Waals surface area contributed by atoms with Crippen LogP contribution in [0.2, 0.25) is 0 Å². The average molecular weight is 192 g/mol. The molecule has 76 valence electrons. The largest absolute Gasteiger partial charge is 0.355 e. The molecule has 0 saturated heterocycles. The summed E-state index contributed by atoms with van der Waals surface area (Å²) in [5, 5.41) is 2.74. The average Bonchev–Trinajstić information content (AvgIpc) is 2.25. The van der Waals surface area contributed by atoms with Gasteiger partial charge in [0.1, 0.15) is 0 Å². The molecule has 0 aliphatic carbocycles. The Bertz CT molecular complexity index is 272. The molecule has 3 heteroatoms. The predicted molar refractivity (Wildman–Crippen MR) is 56.8 cm³/mol. The van der Waals surface area contributed by atoms with E-state index in [0.29, 0.717) is 19.5 Å². The van der Waals surface area contributed by atoms with Gasteiger partial charge in [0.2, 0.25) is 5.91 Å². The van der Waals surface area contributed by atoms with Crippen molar-refractivity contribution in [3.63, 3.8) is 0 Å². The molecule has 0 saturated carbocycles. The summed E-state index contributed by atoms with van der Waals surface area (Å²) in [6.07, 6.45) is 1.32. The molecule has 0 aliphatic heterocycles. The molecule has 0 radical (unpaired) electrons. The number of carbonyl (C=O) groups is 1. The van der Waals surface area contributed by atoms with E-state index in [2.05, 4.69) is 5.32 Å². The number of hydrogen-bond acceptors (Lipinski definition) is 2. The molecular weight excluding hydrogens is 176 g/mol. The van der Waals surface area contributed by atoms with E-state index in [-0.39, 0.29) is 5.91 Å². The van der Waals surface area contributed by atoms with Gasteiger partial charge in [0.25, 0.3) is 0 Å². The molecular formula is C11H16N2O. The maximum absolute atomic E-state index is 11.2. The highest BCUT2D eigenvalue weighted by Crippen LogP contribution is 2.01. The van der Waals surface area contributed by atoms with Gasteiger partial charge in [-0.2, -0.15) is 0 Å². The van der Waals surface area contributed by atoms with Gasteiger partial charge in [-0.25, -0.2) is 0 Å². The number of carbonyl (C=O) groups excluding carboxylic acids is 1. The summed E-state index contributed by atoms with van der Waals surface area (Å²) >= 11 is 0. The first-order valence-corrected chi connectivity index (χ1v) is 4.83. The van der Waals surface area contributed by atoms with Gasteiger partial charge in [-0.15, -0.1) is 0 Å². The minimum Gasteiger partial charge on any atom is -0.355 e. The van der Waals surface area contributed by atoms with Crippen LogP contribution in [0.25, 0.3) is 0 Å². The summed E-state index contributed by atoms with van der Waals surface area (Å²) in [7, 11) is 0. The molecule has 1 amide bonds. The molecule has 0 fully saturated rings. The van der Waals surface area contributed by atoms with Crippen molar-refractivity contribution in [2.75, 3.05) is 13.1 Å². The number of rotatable bonds is 5. The van der Waals surface area contributed by atoms with E-state index in [4.69, 9.17) is 5.73 Å². The fraction of sp³-hybridized carbons (Fsp3) is 0.364. The smallest absolute Gasteiger partial charge is 0.220 e. The predicted octanol–water partition coefficient (Wildman–Crippen LogP) is 0.694. The van der Waals surface area contributed by atoms with E-state index in [1.54, 1.807) is 0 Å². The molecule has 3 nitrogen and oxygen atoms in total. The number of aryl methyl sites for hydroxylation is 1. The number of amides is 1. The zero-order valence-corrected chi connectivity index (χ0v) is 8.20. The maximum Gasteiger partial charge on any atom is 0.220 e. The highest BCUT2D eigenvalue weighted by molar-refractivity contribution is 5.76. The van der Waals surface area contributed by atoms with Crippen molar-refractivity contribution in [3.8, 4) is 0 Å². The summed E-state index contributed by atoms with van der Waals surface area (Å²) in [5.41, 5.74) is 6.46. The van der Waals surface area contributed by atoms with E-state index in [9.17, 15) is 4.79 Å². The van der Waals surface area contributed by atoms with Crippen molar-refractivity contribution in [2.24, 2.45) is 5.73 Å². The molecule has 1 rings (SSSR count). The zero-order chi connectivity index (χ0) is 10.2. The molecule has 3 N–H and O–H groups in total. The normalized spacial score (nSPS) is 9.79. The Morgan fingerprint density at radius 2 is 2.00 bits per heavy atom. The van der Waals surface area contributed by atoms with Crippen LogP contribution in [0.15, 0.2) is 30.3 Å². The highest BCUT2D eigenvalue weighted by Gasteiger charge is 1.99. The second-order valence-corrected chi connectivity index (χ2v) is 3.12. The SMILES string of the molecule is NCCNC(=O)CCc1ccccc1. The Balaban J connectivity index is 2.24. The van der Waals surface area contributed by atoms with Crippen LogP contribution in [0.4, 0.5) is 0 Å². The Morgan fingerprint density at radius 3 is 2.64 bits per heavy atom. The van der Waals surface area contributed by atoms with Gasteiger partial charge in [-0.1, -0.05) is 30.3 Å². The minimum atomic E-state index is 0.0688. The van der Waals surface area contributed by atoms with E-state index in [1.165, 1.54) is 5.56 Å². The third-order valence-electron chi connectivity index (χ3n) is 1.95. The van der Waals surface area contributed by atoms with Crippen molar-refractivity contribution >= 4 is 5.91 Å². The van der Waals surface area contributed by atoms with Crippen LogP contribution >= 0.6 is 0 Å². The lowest BCUT2D eigenvalue weighted by Gasteiger charge is -2.03. The van der Waals surface area contributed by atoms with Gasteiger partial charge in [0.05, 0.1) is 0 Å². The fourth-order valence-corrected chi connectivity index (χ4v) is 1.20. The lowest BCUT2D eigenvalue weighted by atomic mass is 10.1. The van der Waals surface area contributed by atoms with Crippen LogP contribution in [-0.4, -0.2) is 19.0 Å². The quantitative estimate of drug-likeness (QED) is 0.721. The van der Waals surface area contributed by atoms with Crippen LogP contribution in [0.1, 0.15) is 12.0 Å². The molecule has 0 bridgehead atoms. The summed E-state index contributed by atoms with van der Waals surface area (Å²) < 4.78 is 0. The first-order valence-electron chi connectivity index (χ1n) is 4.83. The van der Waals surface area contributed by atoms with Crippen LogP contribution in [0, 0.1) is 0 Å². The van der Waals surface area contributed by atoms with Crippen molar-refractivity contribution < 1.29 is 4.79 Å². The first kappa shape index (κ1) is 10.7. The number of hydrogen-bond donors (Lipinski definition) is 2. The molecule has 14 heavy (non-hydrogen) atoms. The van der Waals surface area contributed by atoms with E-state index < -0.39 is 0 Å².